The quantitative estimate of drug-likeness (QED) is 0.807. The second kappa shape index (κ2) is 5.64. The molecule has 6 heteroatoms. The molecule has 102 valence electrons. The standard InChI is InChI=1S/C13H16N2O3S/c1-10-5-6-12(11-4-2-7-14-13(10)11)19(17,18)15-8-3-9-16/h2,4-7,15-16H,3,8-9H2,1H3. The number of hydrogen-bond acceptors (Lipinski definition) is 4. The molecule has 0 aliphatic heterocycles. The van der Waals surface area contributed by atoms with Gasteiger partial charge in [-0.15, -0.1) is 0 Å². The van der Waals surface area contributed by atoms with Gasteiger partial charge in [0.2, 0.25) is 10.0 Å². The lowest BCUT2D eigenvalue weighted by atomic mass is 10.1. The zero-order chi connectivity index (χ0) is 13.9. The summed E-state index contributed by atoms with van der Waals surface area (Å²) in [6, 6.07) is 6.79. The molecule has 2 rings (SSSR count). The highest BCUT2D eigenvalue weighted by atomic mass is 32.2. The fourth-order valence-corrected chi connectivity index (χ4v) is 3.16. The molecule has 0 saturated heterocycles. The van der Waals surface area contributed by atoms with Gasteiger partial charge >= 0.3 is 0 Å². The SMILES string of the molecule is Cc1ccc(S(=O)(=O)NCCCO)c2cccnc12. The van der Waals surface area contributed by atoms with Crippen molar-refractivity contribution in [1.82, 2.24) is 9.71 Å². The van der Waals surface area contributed by atoms with Crippen LogP contribution in [0.15, 0.2) is 35.4 Å². The number of aromatic nitrogens is 1. The minimum atomic E-state index is -3.58. The molecule has 1 heterocycles. The van der Waals surface area contributed by atoms with E-state index in [0.29, 0.717) is 17.3 Å². The van der Waals surface area contributed by atoms with E-state index in [1.165, 1.54) is 0 Å². The van der Waals surface area contributed by atoms with E-state index in [2.05, 4.69) is 9.71 Å². The van der Waals surface area contributed by atoms with Gasteiger partial charge in [0.1, 0.15) is 0 Å². The van der Waals surface area contributed by atoms with Crippen molar-refractivity contribution in [2.24, 2.45) is 0 Å². The van der Waals surface area contributed by atoms with E-state index in [4.69, 9.17) is 5.11 Å². The smallest absolute Gasteiger partial charge is 0.241 e. The van der Waals surface area contributed by atoms with Gasteiger partial charge in [0.15, 0.2) is 0 Å². The Labute approximate surface area is 112 Å². The van der Waals surface area contributed by atoms with Crippen molar-refractivity contribution in [1.29, 1.82) is 0 Å². The summed E-state index contributed by atoms with van der Waals surface area (Å²) in [4.78, 5) is 4.44. The first-order chi connectivity index (χ1) is 9.06. The number of benzene rings is 1. The summed E-state index contributed by atoms with van der Waals surface area (Å²) in [6.45, 7) is 2.07. The lowest BCUT2D eigenvalue weighted by Gasteiger charge is -2.10. The number of hydrogen-bond donors (Lipinski definition) is 2. The van der Waals surface area contributed by atoms with E-state index in [0.717, 1.165) is 5.56 Å². The van der Waals surface area contributed by atoms with Gasteiger partial charge in [-0.2, -0.15) is 0 Å². The average Bonchev–Trinajstić information content (AvgIpc) is 2.39. The Kier molecular flexibility index (Phi) is 4.14. The fraction of sp³-hybridized carbons (Fsp3) is 0.308. The fourth-order valence-electron chi connectivity index (χ4n) is 1.89. The molecule has 0 bridgehead atoms. The zero-order valence-electron chi connectivity index (χ0n) is 10.6. The molecule has 0 aliphatic carbocycles. The van der Waals surface area contributed by atoms with Crippen LogP contribution in [-0.4, -0.2) is 31.7 Å². The van der Waals surface area contributed by atoms with E-state index in [-0.39, 0.29) is 18.0 Å². The molecule has 0 atom stereocenters. The highest BCUT2D eigenvalue weighted by molar-refractivity contribution is 7.89. The highest BCUT2D eigenvalue weighted by Gasteiger charge is 2.17. The van der Waals surface area contributed by atoms with Crippen molar-refractivity contribution in [2.75, 3.05) is 13.2 Å². The van der Waals surface area contributed by atoms with Crippen molar-refractivity contribution in [3.05, 3.63) is 36.0 Å². The van der Waals surface area contributed by atoms with Crippen LogP contribution in [0.4, 0.5) is 0 Å². The molecule has 0 aliphatic rings. The van der Waals surface area contributed by atoms with E-state index in [1.807, 2.05) is 6.92 Å². The van der Waals surface area contributed by atoms with Gasteiger partial charge in [-0.1, -0.05) is 6.07 Å². The third-order valence-electron chi connectivity index (χ3n) is 2.85. The molecule has 19 heavy (non-hydrogen) atoms. The summed E-state index contributed by atoms with van der Waals surface area (Å²) in [5, 5.41) is 9.31. The number of sulfonamides is 1. The van der Waals surface area contributed by atoms with Gasteiger partial charge < -0.3 is 5.11 Å². The van der Waals surface area contributed by atoms with Crippen LogP contribution in [0.3, 0.4) is 0 Å². The summed E-state index contributed by atoms with van der Waals surface area (Å²) in [5.74, 6) is 0. The molecule has 0 fully saturated rings. The molecule has 1 aromatic carbocycles. The van der Waals surface area contributed by atoms with Crippen LogP contribution in [0.1, 0.15) is 12.0 Å². The highest BCUT2D eigenvalue weighted by Crippen LogP contribution is 2.23. The molecule has 0 amide bonds. The summed E-state index contributed by atoms with van der Waals surface area (Å²) in [6.07, 6.45) is 2.03. The summed E-state index contributed by atoms with van der Waals surface area (Å²) >= 11 is 0. The summed E-state index contributed by atoms with van der Waals surface area (Å²) in [7, 11) is -3.58. The number of nitrogens with zero attached hydrogens (tertiary/aromatic N) is 1. The predicted molar refractivity (Wildman–Crippen MR) is 73.4 cm³/mol. The molecule has 5 nitrogen and oxygen atoms in total. The van der Waals surface area contributed by atoms with Crippen LogP contribution < -0.4 is 4.72 Å². The molecule has 0 unspecified atom stereocenters. The second-order valence-corrected chi connectivity index (χ2v) is 5.99. The number of aliphatic hydroxyl groups excluding tert-OH is 1. The Bertz CT molecular complexity index is 683. The summed E-state index contributed by atoms with van der Waals surface area (Å²) in [5.41, 5.74) is 1.62. The molecular weight excluding hydrogens is 264 g/mol. The summed E-state index contributed by atoms with van der Waals surface area (Å²) < 4.78 is 26.9. The van der Waals surface area contributed by atoms with Gasteiger partial charge in [0.25, 0.3) is 0 Å². The Morgan fingerprint density at radius 2 is 2.11 bits per heavy atom. The Morgan fingerprint density at radius 3 is 2.84 bits per heavy atom. The van der Waals surface area contributed by atoms with Crippen LogP contribution >= 0.6 is 0 Å². The number of nitrogens with one attached hydrogen (secondary N) is 1. The number of pyridine rings is 1. The maximum atomic E-state index is 12.2. The van der Waals surface area contributed by atoms with E-state index in [9.17, 15) is 8.42 Å². The first-order valence-corrected chi connectivity index (χ1v) is 7.49. The van der Waals surface area contributed by atoms with E-state index in [1.54, 1.807) is 30.5 Å². The zero-order valence-corrected chi connectivity index (χ0v) is 11.4. The molecule has 2 aromatic rings. The van der Waals surface area contributed by atoms with Gasteiger partial charge in [0, 0.05) is 24.7 Å². The van der Waals surface area contributed by atoms with Gasteiger partial charge in [-0.25, -0.2) is 13.1 Å². The molecule has 0 spiro atoms. The molecule has 0 radical (unpaired) electrons. The number of aryl methyl sites for hydroxylation is 1. The van der Waals surface area contributed by atoms with E-state index >= 15 is 0 Å². The van der Waals surface area contributed by atoms with Crippen LogP contribution in [0.25, 0.3) is 10.9 Å². The number of fused-ring (bicyclic) bond motifs is 1. The monoisotopic (exact) mass is 280 g/mol. The third kappa shape index (κ3) is 2.91. The van der Waals surface area contributed by atoms with Crippen LogP contribution in [0.5, 0.6) is 0 Å². The first kappa shape index (κ1) is 13.9. The molecular formula is C13H16N2O3S. The van der Waals surface area contributed by atoms with Gasteiger partial charge in [-0.3, -0.25) is 4.98 Å². The number of rotatable bonds is 5. The lowest BCUT2D eigenvalue weighted by molar-refractivity contribution is 0.289. The Hall–Kier alpha value is -1.50. The van der Waals surface area contributed by atoms with Crippen LogP contribution in [-0.2, 0) is 10.0 Å². The van der Waals surface area contributed by atoms with E-state index < -0.39 is 10.0 Å². The van der Waals surface area contributed by atoms with Crippen LogP contribution in [0, 0.1) is 6.92 Å². The van der Waals surface area contributed by atoms with Crippen molar-refractivity contribution in [3.63, 3.8) is 0 Å². The molecule has 1 aromatic heterocycles. The second-order valence-electron chi connectivity index (χ2n) is 4.26. The third-order valence-corrected chi connectivity index (χ3v) is 4.37. The maximum Gasteiger partial charge on any atom is 0.241 e. The topological polar surface area (TPSA) is 79.3 Å². The van der Waals surface area contributed by atoms with Gasteiger partial charge in [-0.05, 0) is 37.1 Å². The van der Waals surface area contributed by atoms with Crippen molar-refractivity contribution >= 4 is 20.9 Å². The normalized spacial score (nSPS) is 11.9. The van der Waals surface area contributed by atoms with Crippen molar-refractivity contribution < 1.29 is 13.5 Å². The molecule has 0 saturated carbocycles. The average molecular weight is 280 g/mol. The minimum absolute atomic E-state index is 0.0429. The number of aliphatic hydroxyl groups is 1. The maximum absolute atomic E-state index is 12.2. The molecule has 2 N–H and O–H groups in total. The predicted octanol–water partition coefficient (Wildman–Crippen LogP) is 1.20. The van der Waals surface area contributed by atoms with Crippen LogP contribution in [0.2, 0.25) is 0 Å². The first-order valence-electron chi connectivity index (χ1n) is 6.01. The largest absolute Gasteiger partial charge is 0.396 e. The Morgan fingerprint density at radius 1 is 1.32 bits per heavy atom. The van der Waals surface area contributed by atoms with Gasteiger partial charge in [0.05, 0.1) is 10.4 Å². The van der Waals surface area contributed by atoms with Crippen molar-refractivity contribution in [2.45, 2.75) is 18.2 Å². The Balaban J connectivity index is 2.48. The lowest BCUT2D eigenvalue weighted by Crippen LogP contribution is -2.25. The van der Waals surface area contributed by atoms with Crippen molar-refractivity contribution in [3.8, 4) is 0 Å². The minimum Gasteiger partial charge on any atom is -0.396 e.